The van der Waals surface area contributed by atoms with Gasteiger partial charge in [0, 0.05) is 29.8 Å². The maximum atomic E-state index is 12.2. The first-order valence-corrected chi connectivity index (χ1v) is 9.31. The number of nitrogens with two attached hydrogens (primary N) is 1. The summed E-state index contributed by atoms with van der Waals surface area (Å²) in [7, 11) is 0. The summed E-state index contributed by atoms with van der Waals surface area (Å²) in [5.41, 5.74) is 12.0. The lowest BCUT2D eigenvalue weighted by molar-refractivity contribution is -0.118. The smallest absolute Gasteiger partial charge is 0.231 e. The van der Waals surface area contributed by atoms with Gasteiger partial charge in [0.15, 0.2) is 0 Å². The second kappa shape index (κ2) is 8.02. The van der Waals surface area contributed by atoms with E-state index in [1.54, 1.807) is 18.6 Å². The number of hydrogen-bond acceptors (Lipinski definition) is 4. The highest BCUT2D eigenvalue weighted by atomic mass is 16.1. The summed E-state index contributed by atoms with van der Waals surface area (Å²) in [6, 6.07) is 21.3. The quantitative estimate of drug-likeness (QED) is 0.564. The molecule has 0 aliphatic rings. The molecule has 4 rings (SSSR count). The summed E-state index contributed by atoms with van der Waals surface area (Å²) >= 11 is 0. The molecule has 1 aromatic carbocycles. The minimum absolute atomic E-state index is 0.435. The molecule has 0 aliphatic carbocycles. The number of carbonyl (C=O) groups is 1. The Morgan fingerprint density at radius 1 is 0.828 bits per heavy atom. The fourth-order valence-electron chi connectivity index (χ4n) is 3.34. The normalized spacial score (nSPS) is 11.8. The van der Waals surface area contributed by atoms with Gasteiger partial charge in [-0.25, -0.2) is 0 Å². The lowest BCUT2D eigenvalue weighted by Crippen LogP contribution is -2.23. The average Bonchev–Trinajstić information content (AvgIpc) is 2.75. The van der Waals surface area contributed by atoms with Crippen molar-refractivity contribution in [2.75, 3.05) is 0 Å². The topological polar surface area (TPSA) is 81.8 Å². The summed E-state index contributed by atoms with van der Waals surface area (Å²) in [4.78, 5) is 25.3. The van der Waals surface area contributed by atoms with Crippen molar-refractivity contribution in [1.29, 1.82) is 0 Å². The number of nitrogens with zero attached hydrogens (tertiary/aromatic N) is 3. The second-order valence-corrected chi connectivity index (χ2v) is 6.83. The molecule has 1 amide bonds. The van der Waals surface area contributed by atoms with E-state index in [1.807, 2.05) is 73.7 Å². The molecule has 0 spiro atoms. The van der Waals surface area contributed by atoms with Crippen LogP contribution >= 0.6 is 0 Å². The number of benzene rings is 1. The van der Waals surface area contributed by atoms with Gasteiger partial charge in [-0.05, 0) is 60.0 Å². The molecule has 0 saturated heterocycles. The molecule has 3 aromatic heterocycles. The van der Waals surface area contributed by atoms with E-state index >= 15 is 0 Å². The highest BCUT2D eigenvalue weighted by molar-refractivity contribution is 5.85. The van der Waals surface area contributed by atoms with E-state index in [-0.39, 0.29) is 0 Å². The van der Waals surface area contributed by atoms with Crippen molar-refractivity contribution < 1.29 is 4.79 Å². The van der Waals surface area contributed by atoms with Crippen molar-refractivity contribution in [2.45, 2.75) is 12.8 Å². The molecule has 29 heavy (non-hydrogen) atoms. The highest BCUT2D eigenvalue weighted by Crippen LogP contribution is 2.27. The highest BCUT2D eigenvalue weighted by Gasteiger charge is 2.22. The Hall–Kier alpha value is -3.86. The molecule has 5 heteroatoms. The van der Waals surface area contributed by atoms with Crippen molar-refractivity contribution in [3.8, 4) is 22.4 Å². The van der Waals surface area contributed by atoms with Gasteiger partial charge in [0.25, 0.3) is 0 Å². The van der Waals surface area contributed by atoms with Crippen LogP contribution in [0.5, 0.6) is 0 Å². The predicted octanol–water partition coefficient (Wildman–Crippen LogP) is 4.13. The van der Waals surface area contributed by atoms with Crippen LogP contribution < -0.4 is 5.73 Å². The standard InChI is InChI=1S/C24H20N4O/c1-16-14-19(11-13-26-16)17-5-7-18(8-6-17)23(24(25)29)22-10-9-20(15-28-22)21-4-2-3-12-27-21/h2-15,23H,1H3,(H2,25,29). The van der Waals surface area contributed by atoms with E-state index in [1.165, 1.54) is 0 Å². The van der Waals surface area contributed by atoms with Crippen molar-refractivity contribution in [3.05, 3.63) is 102 Å². The fraction of sp³-hybridized carbons (Fsp3) is 0.0833. The molecule has 0 bridgehead atoms. The number of amides is 1. The molecule has 2 N–H and O–H groups in total. The minimum atomic E-state index is -0.610. The van der Waals surface area contributed by atoms with Crippen LogP contribution in [0.25, 0.3) is 22.4 Å². The molecule has 1 atom stereocenters. The van der Waals surface area contributed by atoms with Crippen molar-refractivity contribution >= 4 is 5.91 Å². The first-order valence-electron chi connectivity index (χ1n) is 9.31. The summed E-state index contributed by atoms with van der Waals surface area (Å²) in [6.45, 7) is 1.96. The van der Waals surface area contributed by atoms with Gasteiger partial charge in [0.1, 0.15) is 5.92 Å². The Labute approximate surface area is 169 Å². The SMILES string of the molecule is Cc1cc(-c2ccc(C(C(N)=O)c3ccc(-c4ccccn4)cn3)cc2)ccn1. The van der Waals surface area contributed by atoms with Gasteiger partial charge in [-0.15, -0.1) is 0 Å². The zero-order valence-electron chi connectivity index (χ0n) is 16.0. The van der Waals surface area contributed by atoms with Crippen molar-refractivity contribution in [1.82, 2.24) is 15.0 Å². The van der Waals surface area contributed by atoms with E-state index in [2.05, 4.69) is 15.0 Å². The zero-order chi connectivity index (χ0) is 20.2. The molecule has 0 saturated carbocycles. The summed E-state index contributed by atoms with van der Waals surface area (Å²) in [6.07, 6.45) is 5.25. The Morgan fingerprint density at radius 3 is 2.24 bits per heavy atom. The zero-order valence-corrected chi connectivity index (χ0v) is 16.0. The summed E-state index contributed by atoms with van der Waals surface area (Å²) < 4.78 is 0. The number of rotatable bonds is 5. The van der Waals surface area contributed by atoms with Crippen LogP contribution in [0, 0.1) is 6.92 Å². The van der Waals surface area contributed by atoms with Gasteiger partial charge >= 0.3 is 0 Å². The molecular formula is C24H20N4O. The Balaban J connectivity index is 1.63. The van der Waals surface area contributed by atoms with Gasteiger partial charge < -0.3 is 5.73 Å². The van der Waals surface area contributed by atoms with E-state index < -0.39 is 11.8 Å². The van der Waals surface area contributed by atoms with Gasteiger partial charge in [0.2, 0.25) is 5.91 Å². The third kappa shape index (κ3) is 4.04. The number of pyridine rings is 3. The molecule has 0 radical (unpaired) electrons. The fourth-order valence-corrected chi connectivity index (χ4v) is 3.34. The van der Waals surface area contributed by atoms with Crippen LogP contribution in [-0.2, 0) is 4.79 Å². The molecule has 3 heterocycles. The number of carbonyl (C=O) groups excluding carboxylic acids is 1. The predicted molar refractivity (Wildman–Crippen MR) is 113 cm³/mol. The average molecular weight is 380 g/mol. The molecular weight excluding hydrogens is 360 g/mol. The van der Waals surface area contributed by atoms with E-state index in [4.69, 9.17) is 5.73 Å². The third-order valence-electron chi connectivity index (χ3n) is 4.80. The monoisotopic (exact) mass is 380 g/mol. The largest absolute Gasteiger partial charge is 0.369 e. The third-order valence-corrected chi connectivity index (χ3v) is 4.80. The van der Waals surface area contributed by atoms with Crippen LogP contribution in [0.3, 0.4) is 0 Å². The Bertz CT molecular complexity index is 1120. The van der Waals surface area contributed by atoms with E-state index in [0.29, 0.717) is 5.69 Å². The molecule has 142 valence electrons. The molecule has 0 fully saturated rings. The number of hydrogen-bond donors (Lipinski definition) is 1. The Kier molecular flexibility index (Phi) is 5.12. The van der Waals surface area contributed by atoms with Crippen molar-refractivity contribution in [3.63, 3.8) is 0 Å². The first-order chi connectivity index (χ1) is 14.1. The van der Waals surface area contributed by atoms with E-state index in [0.717, 1.165) is 33.6 Å². The molecule has 1 unspecified atom stereocenters. The van der Waals surface area contributed by atoms with Crippen LogP contribution in [0.15, 0.2) is 85.3 Å². The molecule has 0 aliphatic heterocycles. The minimum Gasteiger partial charge on any atom is -0.369 e. The van der Waals surface area contributed by atoms with Crippen LogP contribution in [0.4, 0.5) is 0 Å². The Morgan fingerprint density at radius 2 is 1.62 bits per heavy atom. The number of primary amides is 1. The van der Waals surface area contributed by atoms with Crippen molar-refractivity contribution in [2.24, 2.45) is 5.73 Å². The van der Waals surface area contributed by atoms with Crippen LogP contribution in [-0.4, -0.2) is 20.9 Å². The van der Waals surface area contributed by atoms with Crippen LogP contribution in [0.1, 0.15) is 22.9 Å². The van der Waals surface area contributed by atoms with Gasteiger partial charge in [-0.1, -0.05) is 30.3 Å². The van der Waals surface area contributed by atoms with Crippen LogP contribution in [0.2, 0.25) is 0 Å². The summed E-state index contributed by atoms with van der Waals surface area (Å²) in [5, 5.41) is 0. The molecule has 5 nitrogen and oxygen atoms in total. The maximum Gasteiger partial charge on any atom is 0.231 e. The lowest BCUT2D eigenvalue weighted by Gasteiger charge is -2.14. The van der Waals surface area contributed by atoms with Gasteiger partial charge in [-0.2, -0.15) is 0 Å². The second-order valence-electron chi connectivity index (χ2n) is 6.83. The van der Waals surface area contributed by atoms with E-state index in [9.17, 15) is 4.79 Å². The van der Waals surface area contributed by atoms with Gasteiger partial charge in [-0.3, -0.25) is 19.7 Å². The summed E-state index contributed by atoms with van der Waals surface area (Å²) in [5.74, 6) is -1.04. The number of aryl methyl sites for hydroxylation is 1. The van der Waals surface area contributed by atoms with Gasteiger partial charge in [0.05, 0.1) is 11.4 Å². The lowest BCUT2D eigenvalue weighted by atomic mass is 9.92. The maximum absolute atomic E-state index is 12.2. The molecule has 4 aromatic rings. The first kappa shape index (κ1) is 18.5. The number of aromatic nitrogens is 3.